The van der Waals surface area contributed by atoms with E-state index in [0.717, 1.165) is 67.0 Å². The second-order valence-corrected chi connectivity index (χ2v) is 8.73. The van der Waals surface area contributed by atoms with Crippen LogP contribution in [0.1, 0.15) is 40.9 Å². The zero-order valence-corrected chi connectivity index (χ0v) is 17.7. The van der Waals surface area contributed by atoms with Crippen molar-refractivity contribution < 1.29 is 4.79 Å². The number of aryl methyl sites for hydroxylation is 2. The third-order valence-corrected chi connectivity index (χ3v) is 6.82. The first-order chi connectivity index (χ1) is 15.3. The summed E-state index contributed by atoms with van der Waals surface area (Å²) in [5, 5.41) is 1.24. The van der Waals surface area contributed by atoms with E-state index in [4.69, 9.17) is 4.98 Å². The number of anilines is 1. The SMILES string of the molecule is O=C(c1cccc2c3c([nH]c12)CCCC3)N1CCCN(c2nc3ccccc3[nH]2)CC1. The normalized spacial score (nSPS) is 17.2. The van der Waals surface area contributed by atoms with E-state index in [1.165, 1.54) is 29.5 Å². The van der Waals surface area contributed by atoms with Crippen molar-refractivity contribution in [3.63, 3.8) is 0 Å². The van der Waals surface area contributed by atoms with Crippen molar-refractivity contribution in [2.24, 2.45) is 0 Å². The minimum absolute atomic E-state index is 0.135. The highest BCUT2D eigenvalue weighted by molar-refractivity contribution is 6.06. The van der Waals surface area contributed by atoms with Gasteiger partial charge in [-0.2, -0.15) is 0 Å². The van der Waals surface area contributed by atoms with Crippen LogP contribution in [0.25, 0.3) is 21.9 Å². The summed E-state index contributed by atoms with van der Waals surface area (Å²) in [7, 11) is 0. The van der Waals surface area contributed by atoms with Gasteiger partial charge < -0.3 is 19.8 Å². The molecule has 0 radical (unpaired) electrons. The van der Waals surface area contributed by atoms with Crippen LogP contribution in [0.5, 0.6) is 0 Å². The molecular weight excluding hydrogens is 386 g/mol. The number of benzene rings is 2. The second-order valence-electron chi connectivity index (χ2n) is 8.73. The Labute approximate surface area is 181 Å². The van der Waals surface area contributed by atoms with Crippen LogP contribution in [0, 0.1) is 0 Å². The molecule has 0 atom stereocenters. The summed E-state index contributed by atoms with van der Waals surface area (Å²) in [4.78, 5) is 29.6. The largest absolute Gasteiger partial charge is 0.358 e. The highest BCUT2D eigenvalue weighted by Gasteiger charge is 2.25. The van der Waals surface area contributed by atoms with Crippen molar-refractivity contribution >= 4 is 33.8 Å². The molecule has 2 aromatic heterocycles. The van der Waals surface area contributed by atoms with Crippen molar-refractivity contribution in [2.45, 2.75) is 32.1 Å². The number of rotatable bonds is 2. The van der Waals surface area contributed by atoms with Crippen LogP contribution in [0.3, 0.4) is 0 Å². The first-order valence-electron chi connectivity index (χ1n) is 11.4. The third-order valence-electron chi connectivity index (χ3n) is 6.82. The second kappa shape index (κ2) is 7.45. The van der Waals surface area contributed by atoms with Gasteiger partial charge in [0, 0.05) is 37.3 Å². The summed E-state index contributed by atoms with van der Waals surface area (Å²) in [6.45, 7) is 3.15. The number of carbonyl (C=O) groups excluding carboxylic acids is 1. The first kappa shape index (κ1) is 18.5. The fraction of sp³-hybridized carbons (Fsp3) is 0.360. The van der Waals surface area contributed by atoms with E-state index in [-0.39, 0.29) is 5.91 Å². The Kier molecular flexibility index (Phi) is 4.44. The number of hydrogen-bond donors (Lipinski definition) is 2. The Morgan fingerprint density at radius 1 is 0.871 bits per heavy atom. The molecule has 158 valence electrons. The van der Waals surface area contributed by atoms with Gasteiger partial charge in [-0.05, 0) is 55.9 Å². The molecule has 1 saturated heterocycles. The molecule has 0 saturated carbocycles. The van der Waals surface area contributed by atoms with E-state index < -0.39 is 0 Å². The zero-order chi connectivity index (χ0) is 20.8. The maximum absolute atomic E-state index is 13.5. The molecule has 6 rings (SSSR count). The lowest BCUT2D eigenvalue weighted by molar-refractivity contribution is 0.0769. The molecule has 1 fully saturated rings. The van der Waals surface area contributed by atoms with Crippen molar-refractivity contribution in [3.8, 4) is 0 Å². The minimum atomic E-state index is 0.135. The summed E-state index contributed by atoms with van der Waals surface area (Å²) >= 11 is 0. The van der Waals surface area contributed by atoms with Gasteiger partial charge in [0.05, 0.1) is 22.1 Å². The molecule has 2 N–H and O–H groups in total. The van der Waals surface area contributed by atoms with Gasteiger partial charge in [-0.15, -0.1) is 0 Å². The van der Waals surface area contributed by atoms with Gasteiger partial charge in [-0.25, -0.2) is 4.98 Å². The van der Waals surface area contributed by atoms with E-state index >= 15 is 0 Å². The van der Waals surface area contributed by atoms with Crippen molar-refractivity contribution in [1.82, 2.24) is 19.9 Å². The fourth-order valence-electron chi connectivity index (χ4n) is 5.20. The number of fused-ring (bicyclic) bond motifs is 4. The number of carbonyl (C=O) groups is 1. The maximum atomic E-state index is 13.5. The van der Waals surface area contributed by atoms with Gasteiger partial charge in [0.25, 0.3) is 5.91 Å². The molecule has 1 aliphatic heterocycles. The zero-order valence-electron chi connectivity index (χ0n) is 17.7. The highest BCUT2D eigenvalue weighted by Crippen LogP contribution is 2.31. The van der Waals surface area contributed by atoms with Gasteiger partial charge in [0.1, 0.15) is 0 Å². The Morgan fingerprint density at radius 2 is 1.77 bits per heavy atom. The maximum Gasteiger partial charge on any atom is 0.256 e. The summed E-state index contributed by atoms with van der Waals surface area (Å²) < 4.78 is 0. The number of H-pyrrole nitrogens is 2. The average molecular weight is 414 g/mol. The molecule has 1 amide bonds. The predicted octanol–water partition coefficient (Wildman–Crippen LogP) is 4.28. The lowest BCUT2D eigenvalue weighted by Crippen LogP contribution is -2.35. The van der Waals surface area contributed by atoms with E-state index in [1.54, 1.807) is 0 Å². The summed E-state index contributed by atoms with van der Waals surface area (Å²) in [6.07, 6.45) is 5.60. The van der Waals surface area contributed by atoms with Gasteiger partial charge in [0.2, 0.25) is 5.95 Å². The standard InChI is InChI=1S/C25H27N5O/c31-24(19-9-5-8-18-17-7-1-2-10-20(17)26-23(18)19)29-13-6-14-30(16-15-29)25-27-21-11-3-4-12-22(21)28-25/h3-5,8-9,11-12,26H,1-2,6-7,10,13-16H2,(H,27,28). The Hall–Kier alpha value is -3.28. The summed E-state index contributed by atoms with van der Waals surface area (Å²) in [5.74, 6) is 1.03. The number of para-hydroxylation sites is 3. The lowest BCUT2D eigenvalue weighted by atomic mass is 9.95. The monoisotopic (exact) mass is 413 g/mol. The van der Waals surface area contributed by atoms with Gasteiger partial charge >= 0.3 is 0 Å². The van der Waals surface area contributed by atoms with Crippen molar-refractivity contribution in [1.29, 1.82) is 0 Å². The van der Waals surface area contributed by atoms with Crippen LogP contribution in [0.4, 0.5) is 5.95 Å². The van der Waals surface area contributed by atoms with Gasteiger partial charge in [0.15, 0.2) is 0 Å². The van der Waals surface area contributed by atoms with E-state index in [1.807, 2.05) is 35.2 Å². The molecule has 0 spiro atoms. The molecule has 2 aliphatic rings. The molecule has 0 bridgehead atoms. The van der Waals surface area contributed by atoms with Crippen LogP contribution in [0.15, 0.2) is 42.5 Å². The third kappa shape index (κ3) is 3.17. The van der Waals surface area contributed by atoms with Crippen LogP contribution >= 0.6 is 0 Å². The van der Waals surface area contributed by atoms with Crippen LogP contribution in [-0.4, -0.2) is 51.9 Å². The number of nitrogens with zero attached hydrogens (tertiary/aromatic N) is 3. The average Bonchev–Trinajstić information content (AvgIpc) is 3.32. The van der Waals surface area contributed by atoms with Crippen LogP contribution < -0.4 is 4.90 Å². The number of nitrogens with one attached hydrogen (secondary N) is 2. The van der Waals surface area contributed by atoms with Crippen LogP contribution in [0.2, 0.25) is 0 Å². The molecule has 4 aromatic rings. The van der Waals surface area contributed by atoms with E-state index in [0.29, 0.717) is 6.54 Å². The summed E-state index contributed by atoms with van der Waals surface area (Å²) in [6, 6.07) is 14.3. The summed E-state index contributed by atoms with van der Waals surface area (Å²) in [5.41, 5.74) is 6.62. The smallest absolute Gasteiger partial charge is 0.256 e. The van der Waals surface area contributed by atoms with Gasteiger partial charge in [-0.3, -0.25) is 4.79 Å². The molecule has 1 aliphatic carbocycles. The molecule has 3 heterocycles. The Morgan fingerprint density at radius 3 is 2.71 bits per heavy atom. The highest BCUT2D eigenvalue weighted by atomic mass is 16.2. The molecule has 31 heavy (non-hydrogen) atoms. The number of amides is 1. The molecular formula is C25H27N5O. The Bertz CT molecular complexity index is 1240. The number of hydrogen-bond acceptors (Lipinski definition) is 3. The topological polar surface area (TPSA) is 68.0 Å². The van der Waals surface area contributed by atoms with Crippen molar-refractivity contribution in [2.75, 3.05) is 31.1 Å². The Balaban J connectivity index is 1.25. The van der Waals surface area contributed by atoms with Crippen LogP contribution in [-0.2, 0) is 12.8 Å². The minimum Gasteiger partial charge on any atom is -0.358 e. The molecule has 0 unspecified atom stereocenters. The predicted molar refractivity (Wildman–Crippen MR) is 124 cm³/mol. The number of aromatic nitrogens is 3. The van der Waals surface area contributed by atoms with Crippen molar-refractivity contribution in [3.05, 3.63) is 59.3 Å². The molecule has 6 nitrogen and oxygen atoms in total. The van der Waals surface area contributed by atoms with E-state index in [9.17, 15) is 4.79 Å². The quantitative estimate of drug-likeness (QED) is 0.516. The lowest BCUT2D eigenvalue weighted by Gasteiger charge is -2.22. The number of aromatic amines is 2. The first-order valence-corrected chi connectivity index (χ1v) is 11.4. The number of imidazole rings is 1. The van der Waals surface area contributed by atoms with E-state index in [2.05, 4.69) is 27.0 Å². The molecule has 6 heteroatoms. The fourth-order valence-corrected chi connectivity index (χ4v) is 5.20. The molecule has 2 aromatic carbocycles. The van der Waals surface area contributed by atoms with Gasteiger partial charge in [-0.1, -0.05) is 24.3 Å².